The topological polar surface area (TPSA) is 38.4 Å². The minimum Gasteiger partial charge on any atom is -0.384 e. The smallest absolute Gasteiger partial charge is 0.123 e. The van der Waals surface area contributed by atoms with E-state index in [0.29, 0.717) is 17.7 Å². The van der Waals surface area contributed by atoms with Crippen molar-refractivity contribution in [1.29, 1.82) is 0 Å². The molecule has 0 saturated heterocycles. The van der Waals surface area contributed by atoms with E-state index in [2.05, 4.69) is 38.4 Å². The van der Waals surface area contributed by atoms with Crippen molar-refractivity contribution in [1.82, 2.24) is 0 Å². The van der Waals surface area contributed by atoms with E-state index >= 15 is 0 Å². The molecule has 106 valence electrons. The normalized spacial score (nSPS) is 16.2. The molecule has 0 rings (SSSR count). The van der Waals surface area contributed by atoms with Crippen molar-refractivity contribution < 1.29 is 0 Å². The lowest BCUT2D eigenvalue weighted by Gasteiger charge is -2.05. The average Bonchev–Trinajstić information content (AvgIpc) is 2.39. The molecule has 0 heterocycles. The molecule has 2 heteroatoms. The lowest BCUT2D eigenvalue weighted by molar-refractivity contribution is 0.649. The van der Waals surface area contributed by atoms with E-state index in [-0.39, 0.29) is 0 Å². The number of nitrogens with zero attached hydrogens (tertiary/aromatic N) is 1. The van der Waals surface area contributed by atoms with E-state index in [9.17, 15) is 0 Å². The second-order valence-corrected chi connectivity index (χ2v) is 5.25. The van der Waals surface area contributed by atoms with Crippen LogP contribution in [0.4, 0.5) is 0 Å². The molecule has 0 aliphatic carbocycles. The average molecular weight is 260 g/mol. The number of hydrogen-bond donors (Lipinski definition) is 1. The Morgan fingerprint density at radius 3 is 2.37 bits per heavy atom. The van der Waals surface area contributed by atoms with E-state index in [1.807, 2.05) is 38.3 Å². The summed E-state index contributed by atoms with van der Waals surface area (Å²) in [6, 6.07) is 0. The van der Waals surface area contributed by atoms with Gasteiger partial charge in [-0.15, -0.1) is 6.58 Å². The largest absolute Gasteiger partial charge is 0.384 e. The van der Waals surface area contributed by atoms with Gasteiger partial charge in [0.1, 0.15) is 5.84 Å². The molecule has 2 N–H and O–H groups in total. The quantitative estimate of drug-likeness (QED) is 0.308. The van der Waals surface area contributed by atoms with Gasteiger partial charge in [0.2, 0.25) is 0 Å². The Hall–Kier alpha value is -1.57. The van der Waals surface area contributed by atoms with Crippen molar-refractivity contribution in [2.24, 2.45) is 22.6 Å². The Balaban J connectivity index is 4.67. The summed E-state index contributed by atoms with van der Waals surface area (Å²) in [4.78, 5) is 4.25. The maximum atomic E-state index is 5.86. The van der Waals surface area contributed by atoms with Crippen molar-refractivity contribution >= 4 is 5.84 Å². The van der Waals surface area contributed by atoms with Crippen LogP contribution in [0.5, 0.6) is 0 Å². The van der Waals surface area contributed by atoms with Crippen LogP contribution in [0, 0.1) is 11.8 Å². The number of hydrogen-bond acceptors (Lipinski definition) is 1. The van der Waals surface area contributed by atoms with Crippen LogP contribution in [0.15, 0.2) is 53.2 Å². The first kappa shape index (κ1) is 17.4. The fourth-order valence-corrected chi connectivity index (χ4v) is 1.47. The zero-order valence-electron chi connectivity index (χ0n) is 13.0. The number of rotatable bonds is 7. The Labute approximate surface area is 118 Å². The standard InChI is InChI=1S/C17H28N2/c1-7-14(5)15(6)12-19-17(18)10-9-16(8-2)11-13(3)4/h7-10,12-14H,1,11H2,2-6H3,(H2,18,19)/b10-9-,15-12-,16-8+. The molecule has 0 amide bonds. The monoisotopic (exact) mass is 260 g/mol. The molecule has 0 spiro atoms. The predicted octanol–water partition coefficient (Wildman–Crippen LogP) is 4.62. The molecule has 0 aliphatic heterocycles. The number of aliphatic imine (C=N–C) groups is 1. The number of nitrogens with two attached hydrogens (primary N) is 1. The van der Waals surface area contributed by atoms with Gasteiger partial charge in [0, 0.05) is 6.20 Å². The predicted molar refractivity (Wildman–Crippen MR) is 87.1 cm³/mol. The molecular weight excluding hydrogens is 232 g/mol. The third-order valence-electron chi connectivity index (χ3n) is 2.97. The highest BCUT2D eigenvalue weighted by Crippen LogP contribution is 2.12. The summed E-state index contributed by atoms with van der Waals surface area (Å²) in [6.45, 7) is 14.3. The Bertz CT molecular complexity index is 395. The minimum atomic E-state index is 0.326. The van der Waals surface area contributed by atoms with Crippen molar-refractivity contribution in [2.45, 2.75) is 41.0 Å². The van der Waals surface area contributed by atoms with Crippen LogP contribution in [0.2, 0.25) is 0 Å². The summed E-state index contributed by atoms with van der Waals surface area (Å²) < 4.78 is 0. The van der Waals surface area contributed by atoms with Crippen molar-refractivity contribution in [3.05, 3.63) is 48.2 Å². The summed E-state index contributed by atoms with van der Waals surface area (Å²) in [7, 11) is 0. The Morgan fingerprint density at radius 1 is 1.26 bits per heavy atom. The van der Waals surface area contributed by atoms with Gasteiger partial charge in [-0.2, -0.15) is 0 Å². The molecule has 0 saturated carbocycles. The Morgan fingerprint density at radius 2 is 1.89 bits per heavy atom. The SMILES string of the molecule is C=CC(C)\C(C)=C/N=C(N)/C=C\C(=C/C)CC(C)C. The molecule has 2 nitrogen and oxygen atoms in total. The highest BCUT2D eigenvalue weighted by molar-refractivity contribution is 5.92. The van der Waals surface area contributed by atoms with Crippen LogP contribution in [0.25, 0.3) is 0 Å². The van der Waals surface area contributed by atoms with Crippen molar-refractivity contribution in [3.63, 3.8) is 0 Å². The summed E-state index contributed by atoms with van der Waals surface area (Å²) in [6.07, 6.45) is 10.8. The van der Waals surface area contributed by atoms with Gasteiger partial charge < -0.3 is 5.73 Å². The van der Waals surface area contributed by atoms with Gasteiger partial charge >= 0.3 is 0 Å². The minimum absolute atomic E-state index is 0.326. The van der Waals surface area contributed by atoms with Gasteiger partial charge in [-0.05, 0) is 43.8 Å². The van der Waals surface area contributed by atoms with Gasteiger partial charge in [-0.1, -0.05) is 44.6 Å². The van der Waals surface area contributed by atoms with Crippen LogP contribution < -0.4 is 5.73 Å². The van der Waals surface area contributed by atoms with Crippen molar-refractivity contribution in [2.75, 3.05) is 0 Å². The van der Waals surface area contributed by atoms with E-state index in [4.69, 9.17) is 5.73 Å². The first-order valence-electron chi connectivity index (χ1n) is 6.86. The van der Waals surface area contributed by atoms with Gasteiger partial charge in [-0.25, -0.2) is 4.99 Å². The lowest BCUT2D eigenvalue weighted by atomic mass is 10.0. The lowest BCUT2D eigenvalue weighted by Crippen LogP contribution is -2.07. The molecule has 1 atom stereocenters. The first-order chi connectivity index (χ1) is 8.90. The third-order valence-corrected chi connectivity index (χ3v) is 2.97. The molecule has 0 radical (unpaired) electrons. The van der Waals surface area contributed by atoms with Gasteiger partial charge in [0.15, 0.2) is 0 Å². The van der Waals surface area contributed by atoms with Crippen LogP contribution >= 0.6 is 0 Å². The zero-order valence-corrected chi connectivity index (χ0v) is 13.0. The highest BCUT2D eigenvalue weighted by Gasteiger charge is 1.98. The summed E-state index contributed by atoms with van der Waals surface area (Å²) in [5.41, 5.74) is 8.30. The van der Waals surface area contributed by atoms with Crippen LogP contribution in [-0.4, -0.2) is 5.84 Å². The van der Waals surface area contributed by atoms with Crippen LogP contribution in [0.1, 0.15) is 41.0 Å². The number of amidine groups is 1. The van der Waals surface area contributed by atoms with Crippen molar-refractivity contribution in [3.8, 4) is 0 Å². The Kier molecular flexibility index (Phi) is 8.60. The molecule has 0 fully saturated rings. The molecule has 0 aliphatic rings. The van der Waals surface area contributed by atoms with Gasteiger partial charge in [0.05, 0.1) is 0 Å². The maximum Gasteiger partial charge on any atom is 0.123 e. The second-order valence-electron chi connectivity index (χ2n) is 5.25. The molecule has 0 bridgehead atoms. The maximum absolute atomic E-state index is 5.86. The third kappa shape index (κ3) is 8.20. The summed E-state index contributed by atoms with van der Waals surface area (Å²) in [5.74, 6) is 1.50. The first-order valence-corrected chi connectivity index (χ1v) is 6.86. The molecule has 0 aromatic carbocycles. The van der Waals surface area contributed by atoms with E-state index in [1.165, 1.54) is 5.57 Å². The van der Waals surface area contributed by atoms with Crippen LogP contribution in [0.3, 0.4) is 0 Å². The van der Waals surface area contributed by atoms with Gasteiger partial charge in [-0.3, -0.25) is 0 Å². The van der Waals surface area contributed by atoms with Crippen LogP contribution in [-0.2, 0) is 0 Å². The molecule has 19 heavy (non-hydrogen) atoms. The van der Waals surface area contributed by atoms with Gasteiger partial charge in [0.25, 0.3) is 0 Å². The molecule has 0 aromatic rings. The second kappa shape index (κ2) is 9.37. The molecular formula is C17H28N2. The fraction of sp³-hybridized carbons (Fsp3) is 0.471. The van der Waals surface area contributed by atoms with E-state index < -0.39 is 0 Å². The summed E-state index contributed by atoms with van der Waals surface area (Å²) in [5, 5.41) is 0. The molecule has 0 aromatic heterocycles. The highest BCUT2D eigenvalue weighted by atomic mass is 14.8. The number of allylic oxidation sites excluding steroid dienone is 5. The molecule has 1 unspecified atom stereocenters. The fourth-order valence-electron chi connectivity index (χ4n) is 1.47. The zero-order chi connectivity index (χ0) is 14.8. The van der Waals surface area contributed by atoms with E-state index in [1.54, 1.807) is 0 Å². The summed E-state index contributed by atoms with van der Waals surface area (Å²) >= 11 is 0. The van der Waals surface area contributed by atoms with E-state index in [0.717, 1.165) is 12.0 Å².